The maximum absolute atomic E-state index is 10.3. The summed E-state index contributed by atoms with van der Waals surface area (Å²) in [5, 5.41) is 10.9. The average molecular weight is 316 g/mol. The molecule has 4 nitrogen and oxygen atoms in total. The van der Waals surface area contributed by atoms with Crippen molar-refractivity contribution < 1.29 is 5.11 Å². The number of pyridine rings is 1. The third kappa shape index (κ3) is 2.33. The number of hydrogen-bond donors (Lipinski definition) is 1. The van der Waals surface area contributed by atoms with Gasteiger partial charge in [-0.2, -0.15) is 4.98 Å². The number of benzene rings is 1. The van der Waals surface area contributed by atoms with Gasteiger partial charge in [0.2, 0.25) is 0 Å². The van der Waals surface area contributed by atoms with Gasteiger partial charge in [-0.1, -0.05) is 55.8 Å². The summed E-state index contributed by atoms with van der Waals surface area (Å²) in [6, 6.07) is 10.1. The van der Waals surface area contributed by atoms with Crippen LogP contribution in [0.25, 0.3) is 22.3 Å². The van der Waals surface area contributed by atoms with Gasteiger partial charge in [0.15, 0.2) is 5.65 Å². The molecule has 0 radical (unpaired) electrons. The van der Waals surface area contributed by atoms with E-state index >= 15 is 0 Å². The van der Waals surface area contributed by atoms with Crippen molar-refractivity contribution in [2.24, 2.45) is 0 Å². The Bertz CT molecular complexity index is 795. The fourth-order valence-corrected chi connectivity index (χ4v) is 3.15. The van der Waals surface area contributed by atoms with E-state index < -0.39 is 0 Å². The van der Waals surface area contributed by atoms with Crippen molar-refractivity contribution in [2.45, 2.75) is 32.7 Å². The molecule has 2 aromatic heterocycles. The topological polar surface area (TPSA) is 50.9 Å². The molecule has 0 saturated carbocycles. The predicted octanol–water partition coefficient (Wildman–Crippen LogP) is 4.82. The smallest absolute Gasteiger partial charge is 0.296 e. The Morgan fingerprint density at radius 2 is 1.86 bits per heavy atom. The van der Waals surface area contributed by atoms with E-state index in [9.17, 15) is 5.11 Å². The highest BCUT2D eigenvalue weighted by Gasteiger charge is 2.22. The van der Waals surface area contributed by atoms with Crippen LogP contribution in [-0.2, 0) is 0 Å². The molecule has 5 heteroatoms. The lowest BCUT2D eigenvalue weighted by Crippen LogP contribution is -2.07. The Morgan fingerprint density at radius 3 is 2.50 bits per heavy atom. The summed E-state index contributed by atoms with van der Waals surface area (Å²) in [6.07, 6.45) is 3.39. The van der Waals surface area contributed by atoms with Crippen LogP contribution >= 0.6 is 11.6 Å². The molecular formula is C17H18ClN3O. The van der Waals surface area contributed by atoms with Crippen molar-refractivity contribution in [3.8, 4) is 17.1 Å². The average Bonchev–Trinajstić information content (AvgIpc) is 2.86. The predicted molar refractivity (Wildman–Crippen MR) is 89.3 cm³/mol. The Balaban J connectivity index is 2.38. The van der Waals surface area contributed by atoms with Gasteiger partial charge in [0, 0.05) is 17.8 Å². The van der Waals surface area contributed by atoms with Crippen molar-refractivity contribution >= 4 is 22.8 Å². The Hall–Kier alpha value is -2.07. The molecule has 22 heavy (non-hydrogen) atoms. The summed E-state index contributed by atoms with van der Waals surface area (Å²) in [7, 11) is 0. The van der Waals surface area contributed by atoms with Gasteiger partial charge in [0.1, 0.15) is 5.52 Å². The summed E-state index contributed by atoms with van der Waals surface area (Å²) in [5.41, 5.74) is 3.18. The zero-order chi connectivity index (χ0) is 15.7. The second kappa shape index (κ2) is 5.97. The number of nitrogens with zero attached hydrogens (tertiary/aromatic N) is 3. The molecule has 0 fully saturated rings. The fourth-order valence-electron chi connectivity index (χ4n) is 2.91. The minimum Gasteiger partial charge on any atom is -0.480 e. The highest BCUT2D eigenvalue weighted by atomic mass is 35.5. The highest BCUT2D eigenvalue weighted by molar-refractivity contribution is 6.34. The number of rotatable bonds is 4. The SMILES string of the molecule is CCC(CC)n1c(O)nc2ncc(Cl)c(-c3ccccc3)c21. The first kappa shape index (κ1) is 14.9. The van der Waals surface area contributed by atoms with Crippen molar-refractivity contribution in [1.82, 2.24) is 14.5 Å². The molecule has 0 bridgehead atoms. The quantitative estimate of drug-likeness (QED) is 0.751. The molecular weight excluding hydrogens is 298 g/mol. The van der Waals surface area contributed by atoms with Crippen LogP contribution in [0.4, 0.5) is 0 Å². The zero-order valence-electron chi connectivity index (χ0n) is 12.6. The van der Waals surface area contributed by atoms with E-state index in [1.54, 1.807) is 6.20 Å². The lowest BCUT2D eigenvalue weighted by atomic mass is 10.0. The molecule has 0 spiro atoms. The minimum absolute atomic E-state index is 0.00403. The maximum Gasteiger partial charge on any atom is 0.296 e. The Kier molecular flexibility index (Phi) is 4.03. The normalized spacial score (nSPS) is 11.5. The molecule has 0 saturated heterocycles. The van der Waals surface area contributed by atoms with E-state index in [1.165, 1.54) is 0 Å². The van der Waals surface area contributed by atoms with Gasteiger partial charge in [0.05, 0.1) is 5.02 Å². The molecule has 0 unspecified atom stereocenters. The molecule has 0 amide bonds. The van der Waals surface area contributed by atoms with Crippen LogP contribution in [0.5, 0.6) is 6.01 Å². The highest BCUT2D eigenvalue weighted by Crippen LogP contribution is 2.38. The molecule has 1 aromatic carbocycles. The largest absolute Gasteiger partial charge is 0.480 e. The van der Waals surface area contributed by atoms with E-state index in [2.05, 4.69) is 23.8 Å². The van der Waals surface area contributed by atoms with Crippen LogP contribution in [0.3, 0.4) is 0 Å². The number of halogens is 1. The van der Waals surface area contributed by atoms with E-state index in [0.717, 1.165) is 29.5 Å². The van der Waals surface area contributed by atoms with Gasteiger partial charge < -0.3 is 5.11 Å². The Morgan fingerprint density at radius 1 is 1.18 bits per heavy atom. The lowest BCUT2D eigenvalue weighted by Gasteiger charge is -2.18. The molecule has 3 aromatic rings. The third-order valence-corrected chi connectivity index (χ3v) is 4.31. The molecule has 114 valence electrons. The van der Waals surface area contributed by atoms with Crippen molar-refractivity contribution in [3.63, 3.8) is 0 Å². The van der Waals surface area contributed by atoms with Crippen LogP contribution in [-0.4, -0.2) is 19.6 Å². The van der Waals surface area contributed by atoms with E-state index in [0.29, 0.717) is 10.7 Å². The first-order chi connectivity index (χ1) is 10.7. The number of fused-ring (bicyclic) bond motifs is 1. The van der Waals surface area contributed by atoms with Gasteiger partial charge in [0.25, 0.3) is 6.01 Å². The fraction of sp³-hybridized carbons (Fsp3) is 0.294. The minimum atomic E-state index is -0.00403. The molecule has 0 aliphatic rings. The summed E-state index contributed by atoms with van der Waals surface area (Å²) in [6.45, 7) is 4.19. The van der Waals surface area contributed by atoms with Gasteiger partial charge >= 0.3 is 0 Å². The van der Waals surface area contributed by atoms with Crippen LogP contribution < -0.4 is 0 Å². The molecule has 3 rings (SSSR count). The summed E-state index contributed by atoms with van der Waals surface area (Å²) in [4.78, 5) is 8.48. The molecule has 0 atom stereocenters. The van der Waals surface area contributed by atoms with Crippen LogP contribution in [0.15, 0.2) is 36.5 Å². The summed E-state index contributed by atoms with van der Waals surface area (Å²) in [5.74, 6) is 0. The van der Waals surface area contributed by atoms with E-state index in [-0.39, 0.29) is 12.1 Å². The van der Waals surface area contributed by atoms with Crippen molar-refractivity contribution in [2.75, 3.05) is 0 Å². The van der Waals surface area contributed by atoms with Crippen molar-refractivity contribution in [1.29, 1.82) is 0 Å². The van der Waals surface area contributed by atoms with Gasteiger partial charge in [-0.05, 0) is 18.4 Å². The van der Waals surface area contributed by atoms with Crippen LogP contribution in [0, 0.1) is 0 Å². The lowest BCUT2D eigenvalue weighted by molar-refractivity contribution is 0.362. The van der Waals surface area contributed by atoms with Gasteiger partial charge in [-0.3, -0.25) is 4.57 Å². The third-order valence-electron chi connectivity index (χ3n) is 4.02. The number of imidazole rings is 1. The second-order valence-corrected chi connectivity index (χ2v) is 5.68. The Labute approximate surface area is 134 Å². The maximum atomic E-state index is 10.3. The van der Waals surface area contributed by atoms with Crippen LogP contribution in [0.2, 0.25) is 5.02 Å². The molecule has 1 N–H and O–H groups in total. The number of aromatic nitrogens is 3. The van der Waals surface area contributed by atoms with E-state index in [1.807, 2.05) is 34.9 Å². The molecule has 0 aliphatic heterocycles. The molecule has 0 aliphatic carbocycles. The van der Waals surface area contributed by atoms with Gasteiger partial charge in [-0.15, -0.1) is 0 Å². The second-order valence-electron chi connectivity index (χ2n) is 5.27. The first-order valence-corrected chi connectivity index (χ1v) is 7.86. The first-order valence-electron chi connectivity index (χ1n) is 7.48. The van der Waals surface area contributed by atoms with Gasteiger partial charge in [-0.25, -0.2) is 4.98 Å². The molecule has 2 heterocycles. The monoisotopic (exact) mass is 315 g/mol. The summed E-state index contributed by atoms with van der Waals surface area (Å²) < 4.78 is 1.86. The summed E-state index contributed by atoms with van der Waals surface area (Å²) >= 11 is 6.42. The van der Waals surface area contributed by atoms with Crippen molar-refractivity contribution in [3.05, 3.63) is 41.6 Å². The van der Waals surface area contributed by atoms with E-state index in [4.69, 9.17) is 11.6 Å². The van der Waals surface area contributed by atoms with Crippen LogP contribution in [0.1, 0.15) is 32.7 Å². The number of aromatic hydroxyl groups is 1. The zero-order valence-corrected chi connectivity index (χ0v) is 13.4. The standard InChI is InChI=1S/C17H18ClN3O/c1-3-12(4-2)21-15-14(11-8-6-5-7-9-11)13(18)10-19-16(15)20-17(21)22/h5-10,12H,3-4H2,1-2H3,(H,19,20,22). The number of hydrogen-bond acceptors (Lipinski definition) is 3.